The van der Waals surface area contributed by atoms with Crippen molar-refractivity contribution in [1.29, 1.82) is 0 Å². The molecule has 0 radical (unpaired) electrons. The zero-order valence-electron chi connectivity index (χ0n) is 15.8. The molecule has 26 heavy (non-hydrogen) atoms. The van der Waals surface area contributed by atoms with Gasteiger partial charge in [0, 0.05) is 32.7 Å². The molecule has 1 aromatic carbocycles. The van der Waals surface area contributed by atoms with E-state index < -0.39 is 10.0 Å². The molecule has 1 heterocycles. The van der Waals surface area contributed by atoms with Crippen molar-refractivity contribution in [2.45, 2.75) is 31.6 Å². The number of ether oxygens (including phenoxy) is 1. The van der Waals surface area contributed by atoms with Gasteiger partial charge in [0.15, 0.2) is 0 Å². The van der Waals surface area contributed by atoms with Crippen molar-refractivity contribution in [2.75, 3.05) is 46.4 Å². The molecule has 0 aliphatic carbocycles. The maximum Gasteiger partial charge on any atom is 0.246 e. The zero-order valence-corrected chi connectivity index (χ0v) is 16.6. The Labute approximate surface area is 156 Å². The monoisotopic (exact) mass is 383 g/mol. The van der Waals surface area contributed by atoms with E-state index in [0.717, 1.165) is 18.4 Å². The SMILES string of the molecule is CCCCNC(=O)CN1CCN(S(=O)(=O)c2cc(C)ccc2OC)CC1. The fourth-order valence-electron chi connectivity index (χ4n) is 2.92. The lowest BCUT2D eigenvalue weighted by Crippen LogP contribution is -2.51. The molecule has 1 fully saturated rings. The van der Waals surface area contributed by atoms with Crippen molar-refractivity contribution in [1.82, 2.24) is 14.5 Å². The van der Waals surface area contributed by atoms with E-state index in [1.807, 2.05) is 17.9 Å². The largest absolute Gasteiger partial charge is 0.495 e. The van der Waals surface area contributed by atoms with Gasteiger partial charge in [-0.3, -0.25) is 9.69 Å². The van der Waals surface area contributed by atoms with E-state index in [4.69, 9.17) is 4.74 Å². The van der Waals surface area contributed by atoms with E-state index >= 15 is 0 Å². The number of rotatable bonds is 8. The molecule has 0 saturated carbocycles. The Hall–Kier alpha value is -1.64. The van der Waals surface area contributed by atoms with Crippen LogP contribution in [0, 0.1) is 6.92 Å². The maximum absolute atomic E-state index is 13.0. The lowest BCUT2D eigenvalue weighted by Gasteiger charge is -2.33. The summed E-state index contributed by atoms with van der Waals surface area (Å²) in [6.07, 6.45) is 2.01. The zero-order chi connectivity index (χ0) is 19.2. The van der Waals surface area contributed by atoms with E-state index in [9.17, 15) is 13.2 Å². The van der Waals surface area contributed by atoms with Crippen LogP contribution in [0.3, 0.4) is 0 Å². The van der Waals surface area contributed by atoms with Crippen molar-refractivity contribution in [3.63, 3.8) is 0 Å². The van der Waals surface area contributed by atoms with Crippen LogP contribution in [0.25, 0.3) is 0 Å². The van der Waals surface area contributed by atoms with Crippen LogP contribution in [-0.2, 0) is 14.8 Å². The Morgan fingerprint density at radius 3 is 2.54 bits per heavy atom. The van der Waals surface area contributed by atoms with Gasteiger partial charge in [-0.05, 0) is 31.0 Å². The van der Waals surface area contributed by atoms with E-state index in [0.29, 0.717) is 45.0 Å². The van der Waals surface area contributed by atoms with Gasteiger partial charge in [-0.2, -0.15) is 4.31 Å². The summed E-state index contributed by atoms with van der Waals surface area (Å²) in [5.74, 6) is 0.350. The number of hydrogen-bond acceptors (Lipinski definition) is 5. The molecule has 0 bridgehead atoms. The number of methoxy groups -OCH3 is 1. The number of benzene rings is 1. The third-order valence-electron chi connectivity index (χ3n) is 4.49. The highest BCUT2D eigenvalue weighted by Gasteiger charge is 2.31. The van der Waals surface area contributed by atoms with Gasteiger partial charge in [0.1, 0.15) is 10.6 Å². The predicted octanol–water partition coefficient (Wildman–Crippen LogP) is 1.23. The van der Waals surface area contributed by atoms with Gasteiger partial charge >= 0.3 is 0 Å². The Bertz CT molecular complexity index is 713. The summed E-state index contributed by atoms with van der Waals surface area (Å²) in [5, 5.41) is 2.89. The number of unbranched alkanes of at least 4 members (excludes halogenated alkanes) is 1. The average Bonchev–Trinajstić information content (AvgIpc) is 2.62. The lowest BCUT2D eigenvalue weighted by molar-refractivity contribution is -0.122. The average molecular weight is 384 g/mol. The van der Waals surface area contributed by atoms with E-state index in [-0.39, 0.29) is 10.8 Å². The number of sulfonamides is 1. The van der Waals surface area contributed by atoms with Gasteiger partial charge < -0.3 is 10.1 Å². The molecular weight excluding hydrogens is 354 g/mol. The van der Waals surface area contributed by atoms with Gasteiger partial charge in [-0.25, -0.2) is 8.42 Å². The molecule has 0 atom stereocenters. The van der Waals surface area contributed by atoms with Crippen LogP contribution in [0.4, 0.5) is 0 Å². The smallest absolute Gasteiger partial charge is 0.246 e. The number of carbonyl (C=O) groups excluding carboxylic acids is 1. The predicted molar refractivity (Wildman–Crippen MR) is 101 cm³/mol. The number of nitrogens with zero attached hydrogens (tertiary/aromatic N) is 2. The minimum atomic E-state index is -3.62. The van der Waals surface area contributed by atoms with E-state index in [2.05, 4.69) is 12.2 Å². The van der Waals surface area contributed by atoms with Crippen molar-refractivity contribution >= 4 is 15.9 Å². The maximum atomic E-state index is 13.0. The van der Waals surface area contributed by atoms with Gasteiger partial charge in [0.25, 0.3) is 0 Å². The molecular formula is C18H29N3O4S. The molecule has 8 heteroatoms. The molecule has 1 aliphatic heterocycles. The van der Waals surface area contributed by atoms with Crippen molar-refractivity contribution < 1.29 is 17.9 Å². The van der Waals surface area contributed by atoms with Gasteiger partial charge in [-0.1, -0.05) is 19.4 Å². The minimum Gasteiger partial charge on any atom is -0.495 e. The Balaban J connectivity index is 1.96. The van der Waals surface area contributed by atoms with Crippen LogP contribution in [0.5, 0.6) is 5.75 Å². The molecule has 7 nitrogen and oxygen atoms in total. The molecule has 0 unspecified atom stereocenters. The molecule has 0 spiro atoms. The van der Waals surface area contributed by atoms with Gasteiger partial charge in [0.2, 0.25) is 15.9 Å². The molecule has 1 amide bonds. The third kappa shape index (κ3) is 5.18. The second kappa shape index (κ2) is 9.34. The van der Waals surface area contributed by atoms with E-state index in [1.54, 1.807) is 12.1 Å². The summed E-state index contributed by atoms with van der Waals surface area (Å²) < 4.78 is 32.6. The fraction of sp³-hybridized carbons (Fsp3) is 0.611. The van der Waals surface area contributed by atoms with E-state index in [1.165, 1.54) is 11.4 Å². The second-order valence-electron chi connectivity index (χ2n) is 6.54. The highest BCUT2D eigenvalue weighted by atomic mass is 32.2. The summed E-state index contributed by atoms with van der Waals surface area (Å²) in [6.45, 7) is 6.73. The third-order valence-corrected chi connectivity index (χ3v) is 6.41. The number of carbonyl (C=O) groups is 1. The number of nitrogens with one attached hydrogen (secondary N) is 1. The topological polar surface area (TPSA) is 79.0 Å². The first-order valence-electron chi connectivity index (χ1n) is 9.02. The number of aryl methyl sites for hydroxylation is 1. The van der Waals surface area contributed by atoms with Crippen molar-refractivity contribution in [2.24, 2.45) is 0 Å². The highest BCUT2D eigenvalue weighted by molar-refractivity contribution is 7.89. The molecule has 146 valence electrons. The molecule has 0 aromatic heterocycles. The summed E-state index contributed by atoms with van der Waals surface area (Å²) in [6, 6.07) is 5.15. The van der Waals surface area contributed by atoms with Crippen LogP contribution in [0.1, 0.15) is 25.3 Å². The second-order valence-corrected chi connectivity index (χ2v) is 8.44. The first-order chi connectivity index (χ1) is 12.4. The number of amides is 1. The Kier molecular flexibility index (Phi) is 7.43. The summed E-state index contributed by atoms with van der Waals surface area (Å²) in [7, 11) is -2.14. The number of hydrogen-bond donors (Lipinski definition) is 1. The summed E-state index contributed by atoms with van der Waals surface area (Å²) in [5.41, 5.74) is 0.867. The molecule has 1 aliphatic rings. The van der Waals surface area contributed by atoms with Crippen LogP contribution in [0.15, 0.2) is 23.1 Å². The van der Waals surface area contributed by atoms with Crippen LogP contribution >= 0.6 is 0 Å². The molecule has 2 rings (SSSR count). The first-order valence-corrected chi connectivity index (χ1v) is 10.5. The van der Waals surface area contributed by atoms with Crippen LogP contribution in [-0.4, -0.2) is 69.9 Å². The number of piperazine rings is 1. The van der Waals surface area contributed by atoms with Crippen LogP contribution < -0.4 is 10.1 Å². The first kappa shape index (κ1) is 20.7. The highest BCUT2D eigenvalue weighted by Crippen LogP contribution is 2.28. The Morgan fingerprint density at radius 1 is 1.23 bits per heavy atom. The van der Waals surface area contributed by atoms with Gasteiger partial charge in [-0.15, -0.1) is 0 Å². The summed E-state index contributed by atoms with van der Waals surface area (Å²) in [4.78, 5) is 14.1. The standard InChI is InChI=1S/C18H29N3O4S/c1-4-5-8-19-18(22)14-20-9-11-21(12-10-20)26(23,24)17-13-15(2)6-7-16(17)25-3/h6-7,13H,4-5,8-12,14H2,1-3H3,(H,19,22). The van der Waals surface area contributed by atoms with Crippen LogP contribution in [0.2, 0.25) is 0 Å². The summed E-state index contributed by atoms with van der Waals surface area (Å²) >= 11 is 0. The fourth-order valence-corrected chi connectivity index (χ4v) is 4.58. The minimum absolute atomic E-state index is 0.00453. The molecule has 1 N–H and O–H groups in total. The molecule has 1 saturated heterocycles. The van der Waals surface area contributed by atoms with Gasteiger partial charge in [0.05, 0.1) is 13.7 Å². The van der Waals surface area contributed by atoms with Crippen molar-refractivity contribution in [3.05, 3.63) is 23.8 Å². The quantitative estimate of drug-likeness (QED) is 0.683. The normalized spacial score (nSPS) is 16.4. The lowest BCUT2D eigenvalue weighted by atomic mass is 10.2. The Morgan fingerprint density at radius 2 is 1.92 bits per heavy atom. The molecule has 1 aromatic rings. The van der Waals surface area contributed by atoms with Crippen molar-refractivity contribution in [3.8, 4) is 5.75 Å².